The van der Waals surface area contributed by atoms with Gasteiger partial charge in [-0.2, -0.15) is 0 Å². The van der Waals surface area contributed by atoms with E-state index in [0.717, 1.165) is 22.6 Å². The molecule has 0 amide bonds. The quantitative estimate of drug-likeness (QED) is 0.145. The van der Waals surface area contributed by atoms with Crippen molar-refractivity contribution < 1.29 is 0 Å². The molecule has 1 nitrogen and oxygen atoms in total. The Morgan fingerprint density at radius 3 is 1.62 bits per heavy atom. The van der Waals surface area contributed by atoms with Crippen molar-refractivity contribution in [3.63, 3.8) is 0 Å². The van der Waals surface area contributed by atoms with E-state index < -0.39 is 0 Å². The largest absolute Gasteiger partial charge is 0.309 e. The summed E-state index contributed by atoms with van der Waals surface area (Å²) in [5, 5.41) is 7.43. The van der Waals surface area contributed by atoms with E-state index in [1.54, 1.807) is 0 Å². The fraction of sp³-hybridized carbons (Fsp3) is 0.0323. The van der Waals surface area contributed by atoms with Gasteiger partial charge in [-0.3, -0.25) is 0 Å². The van der Waals surface area contributed by atoms with Crippen LogP contribution in [-0.4, -0.2) is 0 Å². The van der Waals surface area contributed by atoms with Crippen LogP contribution in [0.15, 0.2) is 243 Å². The molecule has 0 N–H and O–H groups in total. The van der Waals surface area contributed by atoms with Gasteiger partial charge in [0, 0.05) is 22.1 Å². The van der Waals surface area contributed by atoms with Crippen LogP contribution < -0.4 is 4.90 Å². The number of benzene rings is 11. The standard InChI is InChI=1S/C62H43N/c1-62(47-27-9-4-10-28-47)55-34-16-15-33-53(55)61-56(62)35-19-37-58(61)63(57-36-18-25-42-20-11-12-30-49(42)57)48-29-17-26-45(40-48)46-38-39-51-50-31-13-14-32-52(50)59(43-21-5-2-6-22-43)60(54(51)41-46)44-23-7-3-8-24-44/h2-41H,1H3. The van der Waals surface area contributed by atoms with Gasteiger partial charge < -0.3 is 4.90 Å². The van der Waals surface area contributed by atoms with E-state index in [-0.39, 0.29) is 5.41 Å². The molecular formula is C62H43N. The minimum atomic E-state index is -0.320. The number of rotatable bonds is 7. The fourth-order valence-electron chi connectivity index (χ4n) is 10.6. The molecule has 11 aromatic carbocycles. The third-order valence-electron chi connectivity index (χ3n) is 13.5. The normalized spacial score (nSPS) is 14.2. The van der Waals surface area contributed by atoms with Crippen molar-refractivity contribution >= 4 is 49.4 Å². The van der Waals surface area contributed by atoms with Crippen LogP contribution in [0.4, 0.5) is 17.1 Å². The van der Waals surface area contributed by atoms with Crippen LogP contribution in [0.2, 0.25) is 0 Å². The molecule has 1 heteroatoms. The number of hydrogen-bond acceptors (Lipinski definition) is 1. The average Bonchev–Trinajstić information content (AvgIpc) is 3.63. The Hall–Kier alpha value is -8.00. The monoisotopic (exact) mass is 801 g/mol. The lowest BCUT2D eigenvalue weighted by atomic mass is 9.74. The molecule has 0 fully saturated rings. The Bertz CT molecular complexity index is 3510. The summed E-state index contributed by atoms with van der Waals surface area (Å²) in [4.78, 5) is 2.51. The van der Waals surface area contributed by atoms with Gasteiger partial charge in [-0.1, -0.05) is 212 Å². The van der Waals surface area contributed by atoms with Gasteiger partial charge in [0.15, 0.2) is 0 Å². The van der Waals surface area contributed by atoms with Gasteiger partial charge in [0.2, 0.25) is 0 Å². The van der Waals surface area contributed by atoms with Gasteiger partial charge in [0.25, 0.3) is 0 Å². The first-order chi connectivity index (χ1) is 31.2. The second-order valence-corrected chi connectivity index (χ2v) is 16.9. The summed E-state index contributed by atoms with van der Waals surface area (Å²) in [6.07, 6.45) is 0. The Labute approximate surface area is 368 Å². The summed E-state index contributed by atoms with van der Waals surface area (Å²) in [5.74, 6) is 0. The molecule has 0 radical (unpaired) electrons. The third kappa shape index (κ3) is 5.85. The average molecular weight is 802 g/mol. The maximum atomic E-state index is 2.51. The second-order valence-electron chi connectivity index (χ2n) is 16.9. The van der Waals surface area contributed by atoms with E-state index in [1.807, 2.05) is 0 Å². The van der Waals surface area contributed by atoms with Crippen LogP contribution in [0.25, 0.3) is 76.8 Å². The molecule has 1 aliphatic rings. The van der Waals surface area contributed by atoms with Gasteiger partial charge in [-0.25, -0.2) is 0 Å². The van der Waals surface area contributed by atoms with Crippen LogP contribution in [0, 0.1) is 0 Å². The maximum absolute atomic E-state index is 2.51. The molecule has 0 bridgehead atoms. The van der Waals surface area contributed by atoms with Crippen molar-refractivity contribution in [1.29, 1.82) is 0 Å². The molecule has 11 aromatic rings. The SMILES string of the molecule is CC1(c2ccccc2)c2ccccc2-c2c(N(c3cccc(-c4ccc5c(c4)c(-c4ccccc4)c(-c4ccccc4)c4ccccc45)c3)c3cccc4ccccc34)cccc21. The zero-order chi connectivity index (χ0) is 41.9. The van der Waals surface area contributed by atoms with Gasteiger partial charge in [0.1, 0.15) is 0 Å². The van der Waals surface area contributed by atoms with Gasteiger partial charge >= 0.3 is 0 Å². The highest BCUT2D eigenvalue weighted by Gasteiger charge is 2.42. The lowest BCUT2D eigenvalue weighted by Crippen LogP contribution is -2.22. The van der Waals surface area contributed by atoms with E-state index in [2.05, 4.69) is 254 Å². The Kier molecular flexibility index (Phi) is 8.69. The Morgan fingerprint density at radius 1 is 0.317 bits per heavy atom. The summed E-state index contributed by atoms with van der Waals surface area (Å²) in [6.45, 7) is 2.40. The van der Waals surface area contributed by atoms with E-state index in [9.17, 15) is 0 Å². The topological polar surface area (TPSA) is 3.24 Å². The molecule has 1 atom stereocenters. The van der Waals surface area contributed by atoms with Crippen LogP contribution in [0.5, 0.6) is 0 Å². The third-order valence-corrected chi connectivity index (χ3v) is 13.5. The summed E-state index contributed by atoms with van der Waals surface area (Å²) in [6, 6.07) is 89.4. The van der Waals surface area contributed by atoms with Crippen molar-refractivity contribution in [2.45, 2.75) is 12.3 Å². The zero-order valence-electron chi connectivity index (χ0n) is 35.0. The Morgan fingerprint density at radius 2 is 0.841 bits per heavy atom. The molecular weight excluding hydrogens is 759 g/mol. The maximum Gasteiger partial charge on any atom is 0.0543 e. The first kappa shape index (κ1) is 36.8. The molecule has 0 spiro atoms. The van der Waals surface area contributed by atoms with Crippen molar-refractivity contribution in [2.75, 3.05) is 4.90 Å². The minimum Gasteiger partial charge on any atom is -0.309 e. The predicted octanol–water partition coefficient (Wildman–Crippen LogP) is 17.0. The van der Waals surface area contributed by atoms with Crippen molar-refractivity contribution in [3.05, 3.63) is 259 Å². The van der Waals surface area contributed by atoms with Crippen LogP contribution in [-0.2, 0) is 5.41 Å². The Balaban J connectivity index is 1.11. The molecule has 12 rings (SSSR count). The number of nitrogens with zero attached hydrogens (tertiary/aromatic N) is 1. The molecule has 296 valence electrons. The van der Waals surface area contributed by atoms with E-state index in [0.29, 0.717) is 0 Å². The van der Waals surface area contributed by atoms with E-state index >= 15 is 0 Å². The number of fused-ring (bicyclic) bond motifs is 7. The fourth-order valence-corrected chi connectivity index (χ4v) is 10.6. The van der Waals surface area contributed by atoms with Crippen LogP contribution in [0.3, 0.4) is 0 Å². The van der Waals surface area contributed by atoms with Crippen molar-refractivity contribution in [1.82, 2.24) is 0 Å². The highest BCUT2D eigenvalue weighted by Crippen LogP contribution is 2.57. The highest BCUT2D eigenvalue weighted by atomic mass is 15.1. The first-order valence-electron chi connectivity index (χ1n) is 21.9. The van der Waals surface area contributed by atoms with Gasteiger partial charge in [-0.15, -0.1) is 0 Å². The predicted molar refractivity (Wildman–Crippen MR) is 267 cm³/mol. The molecule has 0 saturated carbocycles. The lowest BCUT2D eigenvalue weighted by molar-refractivity contribution is 0.714. The molecule has 0 aromatic heterocycles. The first-order valence-corrected chi connectivity index (χ1v) is 21.9. The smallest absolute Gasteiger partial charge is 0.0543 e. The summed E-state index contributed by atoms with van der Waals surface area (Å²) in [5.41, 5.74) is 16.9. The molecule has 1 unspecified atom stereocenters. The molecule has 1 aliphatic carbocycles. The van der Waals surface area contributed by atoms with Gasteiger partial charge in [-0.05, 0) is 120 Å². The molecule has 0 heterocycles. The van der Waals surface area contributed by atoms with E-state index in [1.165, 1.54) is 88.0 Å². The minimum absolute atomic E-state index is 0.320. The number of hydrogen-bond donors (Lipinski definition) is 0. The second kappa shape index (κ2) is 14.9. The molecule has 63 heavy (non-hydrogen) atoms. The molecule has 0 aliphatic heterocycles. The summed E-state index contributed by atoms with van der Waals surface area (Å²) < 4.78 is 0. The lowest BCUT2D eigenvalue weighted by Gasteiger charge is -2.31. The molecule has 0 saturated heterocycles. The zero-order valence-corrected chi connectivity index (χ0v) is 35.0. The van der Waals surface area contributed by atoms with Gasteiger partial charge in [0.05, 0.1) is 11.4 Å². The highest BCUT2D eigenvalue weighted by molar-refractivity contribution is 6.22. The summed E-state index contributed by atoms with van der Waals surface area (Å²) >= 11 is 0. The van der Waals surface area contributed by atoms with Crippen LogP contribution in [0.1, 0.15) is 23.6 Å². The van der Waals surface area contributed by atoms with E-state index in [4.69, 9.17) is 0 Å². The summed E-state index contributed by atoms with van der Waals surface area (Å²) in [7, 11) is 0. The number of anilines is 3. The van der Waals surface area contributed by atoms with Crippen molar-refractivity contribution in [3.8, 4) is 44.5 Å². The van der Waals surface area contributed by atoms with Crippen LogP contribution >= 0.6 is 0 Å². The van der Waals surface area contributed by atoms with Crippen molar-refractivity contribution in [2.24, 2.45) is 0 Å².